The highest BCUT2D eigenvalue weighted by molar-refractivity contribution is 8.13. The molecule has 17 heavy (non-hydrogen) atoms. The summed E-state index contributed by atoms with van der Waals surface area (Å²) in [4.78, 5) is 12.4. The summed E-state index contributed by atoms with van der Waals surface area (Å²) in [5, 5.41) is 0.740. The molecule has 0 aliphatic carbocycles. The van der Waals surface area contributed by atoms with Gasteiger partial charge in [-0.3, -0.25) is 0 Å². The van der Waals surface area contributed by atoms with E-state index in [1.54, 1.807) is 12.3 Å². The van der Waals surface area contributed by atoms with Gasteiger partial charge in [-0.2, -0.15) is 0 Å². The van der Waals surface area contributed by atoms with Gasteiger partial charge in [0.25, 0.3) is 9.05 Å². The minimum atomic E-state index is -3.72. The molecule has 0 saturated carbocycles. The predicted molar refractivity (Wildman–Crippen MR) is 63.1 cm³/mol. The van der Waals surface area contributed by atoms with E-state index in [1.165, 1.54) is 19.2 Å². The minimum absolute atomic E-state index is 0.0601. The van der Waals surface area contributed by atoms with Crippen LogP contribution in [0.4, 0.5) is 0 Å². The van der Waals surface area contributed by atoms with Crippen molar-refractivity contribution in [2.45, 2.75) is 11.5 Å². The highest BCUT2D eigenvalue weighted by Gasteiger charge is 2.12. The maximum atomic E-state index is 11.2. The fourth-order valence-corrected chi connectivity index (χ4v) is 2.33. The molecule has 0 radical (unpaired) electrons. The molecule has 5 nitrogen and oxygen atoms in total. The zero-order chi connectivity index (χ0) is 12.5. The van der Waals surface area contributed by atoms with Gasteiger partial charge in [0.05, 0.1) is 12.0 Å². The van der Waals surface area contributed by atoms with Crippen molar-refractivity contribution in [1.29, 1.82) is 0 Å². The molecule has 2 aromatic rings. The summed E-state index contributed by atoms with van der Waals surface area (Å²) in [5.74, 6) is 0. The Hall–Kier alpha value is -1.08. The van der Waals surface area contributed by atoms with Gasteiger partial charge in [-0.05, 0) is 18.2 Å². The third-order valence-corrected chi connectivity index (χ3v) is 3.70. The smallest absolute Gasteiger partial charge is 0.261 e. The fourth-order valence-electron chi connectivity index (χ4n) is 1.55. The van der Waals surface area contributed by atoms with Gasteiger partial charge in [0, 0.05) is 33.3 Å². The van der Waals surface area contributed by atoms with E-state index < -0.39 is 9.05 Å². The van der Waals surface area contributed by atoms with E-state index in [-0.39, 0.29) is 11.5 Å². The molecular formula is C10H10ClNO4S. The number of rotatable bonds is 4. The van der Waals surface area contributed by atoms with Crippen LogP contribution in [0.3, 0.4) is 0 Å². The molecule has 0 aliphatic heterocycles. The van der Waals surface area contributed by atoms with Crippen molar-refractivity contribution in [2.24, 2.45) is 0 Å². The van der Waals surface area contributed by atoms with Gasteiger partial charge in [-0.1, -0.05) is 0 Å². The van der Waals surface area contributed by atoms with Crippen molar-refractivity contribution >= 4 is 30.6 Å². The molecule has 0 unspecified atom stereocenters. The van der Waals surface area contributed by atoms with Crippen LogP contribution >= 0.6 is 10.7 Å². The minimum Gasteiger partial charge on any atom is -0.361 e. The molecule has 1 aromatic heterocycles. The number of aromatic nitrogens is 1. The lowest BCUT2D eigenvalue weighted by Gasteiger charge is -2.00. The van der Waals surface area contributed by atoms with E-state index in [0.717, 1.165) is 16.5 Å². The molecule has 7 heteroatoms. The van der Waals surface area contributed by atoms with Crippen LogP contribution in [-0.4, -0.2) is 20.5 Å². The van der Waals surface area contributed by atoms with Crippen molar-refractivity contribution < 1.29 is 18.2 Å². The second kappa shape index (κ2) is 4.66. The molecule has 2 rings (SSSR count). The average molecular weight is 276 g/mol. The lowest BCUT2D eigenvalue weighted by Crippen LogP contribution is -1.92. The first-order valence-corrected chi connectivity index (χ1v) is 7.03. The zero-order valence-electron chi connectivity index (χ0n) is 8.94. The molecule has 0 atom stereocenters. The summed E-state index contributed by atoms with van der Waals surface area (Å²) in [5.41, 5.74) is 1.60. The van der Waals surface area contributed by atoms with E-state index in [9.17, 15) is 8.42 Å². The number of halogens is 1. The number of nitrogens with one attached hydrogen (secondary N) is 1. The number of hydrogen-bond acceptors (Lipinski definition) is 4. The van der Waals surface area contributed by atoms with Crippen molar-refractivity contribution in [3.8, 4) is 0 Å². The number of H-pyrrole nitrogens is 1. The molecule has 0 fully saturated rings. The standard InChI is InChI=1S/C10H10ClNO4S/c1-15-16-6-7-5-12-10-3-2-8(4-9(7)10)17(11,13)14/h2-5,12H,6H2,1H3. The number of hydrogen-bond donors (Lipinski definition) is 1. The average Bonchev–Trinajstić information content (AvgIpc) is 2.67. The fraction of sp³-hybridized carbons (Fsp3) is 0.200. The topological polar surface area (TPSA) is 68.4 Å². The normalized spacial score (nSPS) is 12.1. The molecule has 0 amide bonds. The van der Waals surface area contributed by atoms with Crippen LogP contribution < -0.4 is 0 Å². The maximum Gasteiger partial charge on any atom is 0.261 e. The Balaban J connectivity index is 2.50. The van der Waals surface area contributed by atoms with Crippen LogP contribution in [0.2, 0.25) is 0 Å². The molecule has 1 heterocycles. The number of benzene rings is 1. The van der Waals surface area contributed by atoms with E-state index in [1.807, 2.05) is 0 Å². The van der Waals surface area contributed by atoms with Crippen LogP contribution in [0.5, 0.6) is 0 Å². The molecule has 92 valence electrons. The van der Waals surface area contributed by atoms with E-state index >= 15 is 0 Å². The lowest BCUT2D eigenvalue weighted by molar-refractivity contribution is -0.282. The highest BCUT2D eigenvalue weighted by Crippen LogP contribution is 2.24. The summed E-state index contributed by atoms with van der Waals surface area (Å²) < 4.78 is 22.4. The summed E-state index contributed by atoms with van der Waals surface area (Å²) in [6.45, 7) is 0.224. The summed E-state index contributed by atoms with van der Waals surface area (Å²) in [7, 11) is 2.97. The number of aromatic amines is 1. The molecular weight excluding hydrogens is 266 g/mol. The lowest BCUT2D eigenvalue weighted by atomic mass is 10.2. The Kier molecular flexibility index (Phi) is 3.39. The van der Waals surface area contributed by atoms with Gasteiger partial charge >= 0.3 is 0 Å². The van der Waals surface area contributed by atoms with Crippen LogP contribution in [0.15, 0.2) is 29.3 Å². The molecule has 0 aliphatic rings. The quantitative estimate of drug-likeness (QED) is 0.527. The first kappa shape index (κ1) is 12.4. The first-order chi connectivity index (χ1) is 8.02. The van der Waals surface area contributed by atoms with Gasteiger partial charge in [0.15, 0.2) is 0 Å². The largest absolute Gasteiger partial charge is 0.361 e. The van der Waals surface area contributed by atoms with Gasteiger partial charge < -0.3 is 4.98 Å². The Morgan fingerprint density at radius 2 is 2.18 bits per heavy atom. The molecule has 0 saturated heterocycles. The van der Waals surface area contributed by atoms with Crippen molar-refractivity contribution in [3.63, 3.8) is 0 Å². The third kappa shape index (κ3) is 2.61. The summed E-state index contributed by atoms with van der Waals surface area (Å²) in [6, 6.07) is 4.60. The van der Waals surface area contributed by atoms with Crippen molar-refractivity contribution in [2.75, 3.05) is 7.11 Å². The van der Waals surface area contributed by atoms with Crippen molar-refractivity contribution in [1.82, 2.24) is 4.98 Å². The van der Waals surface area contributed by atoms with Crippen LogP contribution in [0.25, 0.3) is 10.9 Å². The SMILES string of the molecule is COOCc1c[nH]c2ccc(S(=O)(=O)Cl)cc12. The Morgan fingerprint density at radius 3 is 2.82 bits per heavy atom. The monoisotopic (exact) mass is 275 g/mol. The van der Waals surface area contributed by atoms with Gasteiger partial charge in [0.2, 0.25) is 0 Å². The molecule has 0 bridgehead atoms. The summed E-state index contributed by atoms with van der Waals surface area (Å²) >= 11 is 0. The van der Waals surface area contributed by atoms with Crippen LogP contribution in [0, 0.1) is 0 Å². The van der Waals surface area contributed by atoms with Crippen LogP contribution in [-0.2, 0) is 25.4 Å². The van der Waals surface area contributed by atoms with Gasteiger partial charge in [-0.25, -0.2) is 18.2 Å². The predicted octanol–water partition coefficient (Wildman–Crippen LogP) is 2.17. The maximum absolute atomic E-state index is 11.2. The third-order valence-electron chi connectivity index (χ3n) is 2.35. The second-order valence-corrected chi connectivity index (χ2v) is 5.95. The molecule has 1 aromatic carbocycles. The number of fused-ring (bicyclic) bond motifs is 1. The summed E-state index contributed by atoms with van der Waals surface area (Å²) in [6.07, 6.45) is 1.73. The zero-order valence-corrected chi connectivity index (χ0v) is 10.5. The van der Waals surface area contributed by atoms with E-state index in [4.69, 9.17) is 15.6 Å². The molecule has 0 spiro atoms. The van der Waals surface area contributed by atoms with Crippen LogP contribution in [0.1, 0.15) is 5.56 Å². The Bertz CT molecular complexity index is 635. The highest BCUT2D eigenvalue weighted by atomic mass is 35.7. The Labute approximate surface area is 103 Å². The molecule has 1 N–H and O–H groups in total. The van der Waals surface area contributed by atoms with E-state index in [0.29, 0.717) is 0 Å². The second-order valence-electron chi connectivity index (χ2n) is 3.39. The van der Waals surface area contributed by atoms with Gasteiger partial charge in [-0.15, -0.1) is 0 Å². The van der Waals surface area contributed by atoms with Gasteiger partial charge in [0.1, 0.15) is 6.61 Å². The van der Waals surface area contributed by atoms with E-state index in [2.05, 4.69) is 9.87 Å². The Morgan fingerprint density at radius 1 is 1.41 bits per heavy atom. The van der Waals surface area contributed by atoms with Crippen molar-refractivity contribution in [3.05, 3.63) is 30.0 Å². The first-order valence-electron chi connectivity index (χ1n) is 4.72.